The highest BCUT2D eigenvalue weighted by atomic mass is 35.5. The molecule has 3 nitrogen and oxygen atoms in total. The molecular formula is C14H26ClN3S. The smallest absolute Gasteiger partial charge is 0.107 e. The van der Waals surface area contributed by atoms with E-state index >= 15 is 0 Å². The molecule has 2 atom stereocenters. The molecule has 1 aromatic rings. The Balaban J connectivity index is 0.00000180. The van der Waals surface area contributed by atoms with Crippen LogP contribution in [0.15, 0.2) is 5.38 Å². The molecular weight excluding hydrogens is 278 g/mol. The van der Waals surface area contributed by atoms with Crippen LogP contribution in [0.2, 0.25) is 0 Å². The summed E-state index contributed by atoms with van der Waals surface area (Å²) in [5, 5.41) is 3.48. The molecule has 0 spiro atoms. The first-order chi connectivity index (χ1) is 8.69. The molecule has 0 saturated carbocycles. The van der Waals surface area contributed by atoms with Gasteiger partial charge in [-0.05, 0) is 38.6 Å². The predicted molar refractivity (Wildman–Crippen MR) is 85.0 cm³/mol. The van der Waals surface area contributed by atoms with E-state index in [1.165, 1.54) is 36.5 Å². The molecule has 0 aliphatic carbocycles. The zero-order valence-corrected chi connectivity index (χ0v) is 13.6. The lowest BCUT2D eigenvalue weighted by molar-refractivity contribution is 0.154. The van der Waals surface area contributed by atoms with Crippen LogP contribution in [-0.2, 0) is 13.0 Å². The third-order valence-electron chi connectivity index (χ3n) is 3.75. The van der Waals surface area contributed by atoms with Crippen LogP contribution in [0.5, 0.6) is 0 Å². The van der Waals surface area contributed by atoms with Crippen LogP contribution < -0.4 is 5.73 Å². The van der Waals surface area contributed by atoms with Gasteiger partial charge in [0.15, 0.2) is 0 Å². The summed E-state index contributed by atoms with van der Waals surface area (Å²) >= 11 is 1.81. The largest absolute Gasteiger partial charge is 0.328 e. The SMILES string of the molecule is CCCc1csc(CN2CCCC(C(C)N)C2)n1.Cl. The Hall–Kier alpha value is -0.160. The van der Waals surface area contributed by atoms with E-state index in [1.807, 2.05) is 11.3 Å². The van der Waals surface area contributed by atoms with Crippen LogP contribution in [0, 0.1) is 5.92 Å². The molecule has 2 unspecified atom stereocenters. The third-order valence-corrected chi connectivity index (χ3v) is 4.63. The fraction of sp³-hybridized carbons (Fsp3) is 0.786. The van der Waals surface area contributed by atoms with Crippen molar-refractivity contribution in [2.75, 3.05) is 13.1 Å². The minimum Gasteiger partial charge on any atom is -0.328 e. The number of aryl methyl sites for hydroxylation is 1. The van der Waals surface area contributed by atoms with Crippen molar-refractivity contribution in [3.8, 4) is 0 Å². The highest BCUT2D eigenvalue weighted by molar-refractivity contribution is 7.09. The van der Waals surface area contributed by atoms with Gasteiger partial charge in [0.1, 0.15) is 5.01 Å². The molecule has 1 aliphatic heterocycles. The molecule has 1 fully saturated rings. The van der Waals surface area contributed by atoms with Crippen molar-refractivity contribution in [1.82, 2.24) is 9.88 Å². The van der Waals surface area contributed by atoms with Crippen molar-refractivity contribution < 1.29 is 0 Å². The van der Waals surface area contributed by atoms with Crippen LogP contribution in [0.1, 0.15) is 43.8 Å². The summed E-state index contributed by atoms with van der Waals surface area (Å²) < 4.78 is 0. The van der Waals surface area contributed by atoms with Gasteiger partial charge in [0.2, 0.25) is 0 Å². The normalized spacial score (nSPS) is 21.9. The second kappa shape index (κ2) is 8.20. The van der Waals surface area contributed by atoms with Crippen molar-refractivity contribution in [3.63, 3.8) is 0 Å². The maximum Gasteiger partial charge on any atom is 0.107 e. The van der Waals surface area contributed by atoms with Gasteiger partial charge in [0, 0.05) is 18.0 Å². The molecule has 19 heavy (non-hydrogen) atoms. The number of hydrogen-bond acceptors (Lipinski definition) is 4. The van der Waals surface area contributed by atoms with E-state index in [1.54, 1.807) is 0 Å². The Labute approximate surface area is 127 Å². The molecule has 1 saturated heterocycles. The quantitative estimate of drug-likeness (QED) is 0.909. The second-order valence-electron chi connectivity index (χ2n) is 5.48. The van der Waals surface area contributed by atoms with E-state index in [2.05, 4.69) is 24.1 Å². The molecule has 0 bridgehead atoms. The number of aromatic nitrogens is 1. The van der Waals surface area contributed by atoms with Gasteiger partial charge in [-0.3, -0.25) is 4.90 Å². The molecule has 1 aliphatic rings. The summed E-state index contributed by atoms with van der Waals surface area (Å²) in [5.74, 6) is 0.661. The summed E-state index contributed by atoms with van der Waals surface area (Å²) in [4.78, 5) is 7.23. The summed E-state index contributed by atoms with van der Waals surface area (Å²) in [6, 6.07) is 0.319. The molecule has 0 aromatic carbocycles. The first kappa shape index (κ1) is 16.9. The lowest BCUT2D eigenvalue weighted by Crippen LogP contribution is -2.41. The first-order valence-corrected chi connectivity index (χ1v) is 7.98. The van der Waals surface area contributed by atoms with Gasteiger partial charge in [0.05, 0.1) is 12.2 Å². The van der Waals surface area contributed by atoms with Gasteiger partial charge < -0.3 is 5.73 Å². The van der Waals surface area contributed by atoms with E-state index in [0.717, 1.165) is 19.5 Å². The highest BCUT2D eigenvalue weighted by Gasteiger charge is 2.23. The van der Waals surface area contributed by atoms with E-state index < -0.39 is 0 Å². The lowest BCUT2D eigenvalue weighted by Gasteiger charge is -2.34. The standard InChI is InChI=1S/C14H25N3S.ClH/c1-3-5-13-10-18-14(16-13)9-17-7-4-6-12(8-17)11(2)15;/h10-12H,3-9,15H2,1-2H3;1H. The van der Waals surface area contributed by atoms with Crippen molar-refractivity contribution in [1.29, 1.82) is 0 Å². The monoisotopic (exact) mass is 303 g/mol. The van der Waals surface area contributed by atoms with E-state index in [4.69, 9.17) is 10.7 Å². The lowest BCUT2D eigenvalue weighted by atomic mass is 9.92. The number of piperidine rings is 1. The average molecular weight is 304 g/mol. The number of rotatable bonds is 5. The van der Waals surface area contributed by atoms with Gasteiger partial charge in [-0.1, -0.05) is 13.3 Å². The summed E-state index contributed by atoms with van der Waals surface area (Å²) in [6.45, 7) is 7.69. The fourth-order valence-corrected chi connectivity index (χ4v) is 3.52. The number of thiazole rings is 1. The number of nitrogens with two attached hydrogens (primary N) is 1. The van der Waals surface area contributed by atoms with Crippen molar-refractivity contribution in [3.05, 3.63) is 16.1 Å². The van der Waals surface area contributed by atoms with Gasteiger partial charge >= 0.3 is 0 Å². The van der Waals surface area contributed by atoms with Crippen molar-refractivity contribution in [2.45, 2.75) is 52.1 Å². The highest BCUT2D eigenvalue weighted by Crippen LogP contribution is 2.21. The average Bonchev–Trinajstić information content (AvgIpc) is 2.77. The van der Waals surface area contributed by atoms with Gasteiger partial charge in [-0.2, -0.15) is 0 Å². The Morgan fingerprint density at radius 3 is 3.05 bits per heavy atom. The molecule has 0 amide bonds. The molecule has 1 aromatic heterocycles. The fourth-order valence-electron chi connectivity index (χ4n) is 2.65. The van der Waals surface area contributed by atoms with Crippen LogP contribution in [-0.4, -0.2) is 29.0 Å². The van der Waals surface area contributed by atoms with E-state index in [0.29, 0.717) is 12.0 Å². The van der Waals surface area contributed by atoms with Gasteiger partial charge in [0.25, 0.3) is 0 Å². The first-order valence-electron chi connectivity index (χ1n) is 7.10. The van der Waals surface area contributed by atoms with Crippen molar-refractivity contribution in [2.24, 2.45) is 11.7 Å². The Morgan fingerprint density at radius 2 is 2.37 bits per heavy atom. The molecule has 2 N–H and O–H groups in total. The van der Waals surface area contributed by atoms with Gasteiger partial charge in [-0.15, -0.1) is 23.7 Å². The van der Waals surface area contributed by atoms with E-state index in [-0.39, 0.29) is 12.4 Å². The van der Waals surface area contributed by atoms with Crippen LogP contribution >= 0.6 is 23.7 Å². The zero-order chi connectivity index (χ0) is 13.0. The number of halogens is 1. The van der Waals surface area contributed by atoms with Gasteiger partial charge in [-0.25, -0.2) is 4.98 Å². The molecule has 110 valence electrons. The van der Waals surface area contributed by atoms with Crippen LogP contribution in [0.3, 0.4) is 0 Å². The summed E-state index contributed by atoms with van der Waals surface area (Å²) in [7, 11) is 0. The van der Waals surface area contributed by atoms with Crippen LogP contribution in [0.4, 0.5) is 0 Å². The number of likely N-dealkylation sites (tertiary alicyclic amines) is 1. The Kier molecular flexibility index (Phi) is 7.29. The van der Waals surface area contributed by atoms with Crippen molar-refractivity contribution >= 4 is 23.7 Å². The Bertz CT molecular complexity index is 367. The van der Waals surface area contributed by atoms with E-state index in [9.17, 15) is 0 Å². The second-order valence-corrected chi connectivity index (χ2v) is 6.42. The summed E-state index contributed by atoms with van der Waals surface area (Å²) in [6.07, 6.45) is 4.85. The minimum absolute atomic E-state index is 0. The summed E-state index contributed by atoms with van der Waals surface area (Å²) in [5.41, 5.74) is 7.29. The number of nitrogens with zero attached hydrogens (tertiary/aromatic N) is 2. The molecule has 5 heteroatoms. The zero-order valence-electron chi connectivity index (χ0n) is 12.0. The molecule has 0 radical (unpaired) electrons. The minimum atomic E-state index is 0. The Morgan fingerprint density at radius 1 is 1.58 bits per heavy atom. The maximum atomic E-state index is 6.03. The number of hydrogen-bond donors (Lipinski definition) is 1. The van der Waals surface area contributed by atoms with Crippen LogP contribution in [0.25, 0.3) is 0 Å². The molecule has 2 heterocycles. The maximum absolute atomic E-state index is 6.03. The topological polar surface area (TPSA) is 42.1 Å². The predicted octanol–water partition coefficient (Wildman–Crippen LogP) is 3.08. The molecule has 2 rings (SSSR count). The third kappa shape index (κ3) is 5.03.